The molecule has 0 amide bonds. The van der Waals surface area contributed by atoms with Crippen LogP contribution in [0.25, 0.3) is 38.8 Å². The molecule has 6 heteroatoms. The van der Waals surface area contributed by atoms with Gasteiger partial charge in [0.05, 0.1) is 0 Å². The Morgan fingerprint density at radius 3 is 1.98 bits per heavy atom. The largest absolute Gasteiger partial charge is 0.509 e. The summed E-state index contributed by atoms with van der Waals surface area (Å²) in [6.45, 7) is 20.3. The molecule has 0 unspecified atom stereocenters. The second-order valence-corrected chi connectivity index (χ2v) is 19.5. The topological polar surface area (TPSA) is 33.5 Å². The van der Waals surface area contributed by atoms with E-state index in [1.165, 1.54) is 16.7 Å². The molecule has 0 N–H and O–H groups in total. The fraction of sp³-hybridized carbons (Fsp3) is 0.186. The average molecular weight is 1030 g/mol. The molecule has 0 spiro atoms. The van der Waals surface area contributed by atoms with Gasteiger partial charge in [0.2, 0.25) is 0 Å². The predicted octanol–water partition coefficient (Wildman–Crippen LogP) is 15.6. The van der Waals surface area contributed by atoms with Crippen LogP contribution in [0.3, 0.4) is 0 Å². The van der Waals surface area contributed by atoms with Crippen LogP contribution in [-0.2, 0) is 37.3 Å². The molecule has 65 heavy (non-hydrogen) atoms. The van der Waals surface area contributed by atoms with E-state index in [9.17, 15) is 0 Å². The van der Waals surface area contributed by atoms with Gasteiger partial charge in [-0.3, -0.25) is 0 Å². The van der Waals surface area contributed by atoms with Crippen LogP contribution in [0, 0.1) is 18.8 Å². The summed E-state index contributed by atoms with van der Waals surface area (Å²) in [5.41, 5.74) is 12.9. The van der Waals surface area contributed by atoms with E-state index in [-0.39, 0.29) is 37.3 Å². The summed E-state index contributed by atoms with van der Waals surface area (Å²) in [5, 5.41) is 2.22. The van der Waals surface area contributed by atoms with Gasteiger partial charge in [0.25, 0.3) is 0 Å². The molecular weight excluding hydrogens is 976 g/mol. The monoisotopic (exact) mass is 1030 g/mol. The third-order valence-electron chi connectivity index (χ3n) is 12.7. The van der Waals surface area contributed by atoms with Crippen molar-refractivity contribution in [3.63, 3.8) is 0 Å². The number of para-hydroxylation sites is 2. The molecule has 0 saturated heterocycles. The molecule has 3 heterocycles. The zero-order chi connectivity index (χ0) is 44.4. The molecule has 1 aliphatic rings. The number of nitrogens with zero attached hydrogens (tertiary/aromatic N) is 4. The Hall–Kier alpha value is -6.42. The number of ether oxygens (including phenoxy) is 1. The van der Waals surface area contributed by atoms with Crippen LogP contribution in [0.5, 0.6) is 11.5 Å². The van der Waals surface area contributed by atoms with Crippen molar-refractivity contribution >= 4 is 44.6 Å². The number of hydrogen-bond acceptors (Lipinski definition) is 4. The normalized spacial score (nSPS) is 13.0. The number of aromatic nitrogens is 2. The van der Waals surface area contributed by atoms with Gasteiger partial charge in [0.1, 0.15) is 5.82 Å². The Morgan fingerprint density at radius 2 is 1.23 bits per heavy atom. The van der Waals surface area contributed by atoms with Crippen molar-refractivity contribution in [1.29, 1.82) is 0 Å². The van der Waals surface area contributed by atoms with Crippen molar-refractivity contribution in [1.82, 2.24) is 9.55 Å². The summed E-state index contributed by atoms with van der Waals surface area (Å²) < 4.78 is 9.11. The van der Waals surface area contributed by atoms with E-state index in [2.05, 4.69) is 246 Å². The Kier molecular flexibility index (Phi) is 11.4. The second kappa shape index (κ2) is 16.9. The van der Waals surface area contributed by atoms with Crippen molar-refractivity contribution in [3.8, 4) is 28.4 Å². The van der Waals surface area contributed by atoms with Crippen LogP contribution in [0.1, 0.15) is 77.6 Å². The van der Waals surface area contributed by atoms with Gasteiger partial charge in [-0.1, -0.05) is 164 Å². The van der Waals surface area contributed by atoms with Crippen LogP contribution in [0.15, 0.2) is 170 Å². The summed E-state index contributed by atoms with van der Waals surface area (Å²) >= 11 is 0. The molecule has 0 aliphatic carbocycles. The zero-order valence-corrected chi connectivity index (χ0v) is 40.5. The quantitative estimate of drug-likeness (QED) is 0.142. The smallest absolute Gasteiger partial charge is 0.135 e. The minimum Gasteiger partial charge on any atom is -0.509 e. The summed E-state index contributed by atoms with van der Waals surface area (Å²) in [7, 11) is 0. The van der Waals surface area contributed by atoms with E-state index < -0.39 is 0 Å². The standard InChI is InChI=1S/C59H53N4O.Pt/c1-57(2,3)42-23-17-24-45(33-42)62-39-61(53-28-18-26-49(56(53)62)40-19-11-9-12-20-40)46-34-44(58(4,5)6)35-48(37-46)64-47-29-30-51-50-25-15-16-27-52(50)63(54(51)38-47)55-36-43(31-32-60-55)59(7,8)41-21-13-10-14-22-41;/h9-36,39H,1-8H3;/q-3;. The van der Waals surface area contributed by atoms with Crippen molar-refractivity contribution in [3.05, 3.63) is 211 Å². The number of benzene rings is 7. The maximum atomic E-state index is 6.89. The molecule has 0 atom stereocenters. The molecule has 0 fully saturated rings. The number of fused-ring (bicyclic) bond motifs is 4. The van der Waals surface area contributed by atoms with Crippen molar-refractivity contribution in [2.75, 3.05) is 9.80 Å². The van der Waals surface area contributed by atoms with Gasteiger partial charge < -0.3 is 19.1 Å². The Morgan fingerprint density at radius 1 is 0.538 bits per heavy atom. The SMILES string of the molecule is CC(C)(C)c1cc(Oc2[c-]c3c(cc2)c2ccccc2n3-c2cc(C(C)(C)c3ccccc3)ccn2)[c-]c(N2[CH-]N(c3cccc(C(C)(C)C)c3)c3c(-c4ccccc4)cccc32)c1.[Pt]. The van der Waals surface area contributed by atoms with Gasteiger partial charge in [0, 0.05) is 72.3 Å². The molecule has 0 radical (unpaired) electrons. The summed E-state index contributed by atoms with van der Waals surface area (Å²) in [5.74, 6) is 2.05. The van der Waals surface area contributed by atoms with Gasteiger partial charge in [-0.05, 0) is 74.9 Å². The fourth-order valence-electron chi connectivity index (χ4n) is 8.96. The molecule has 0 saturated carbocycles. The Labute approximate surface area is 398 Å². The zero-order valence-electron chi connectivity index (χ0n) is 38.3. The first-order chi connectivity index (χ1) is 30.7. The Balaban J connectivity index is 0.00000533. The molecule has 1 aliphatic heterocycles. The Bertz CT molecular complexity index is 3180. The van der Waals surface area contributed by atoms with E-state index in [1.54, 1.807) is 0 Å². The molecule has 328 valence electrons. The van der Waals surface area contributed by atoms with Gasteiger partial charge in [0.15, 0.2) is 0 Å². The molecule has 5 nitrogen and oxygen atoms in total. The van der Waals surface area contributed by atoms with Crippen LogP contribution >= 0.6 is 0 Å². The number of hydrogen-bond donors (Lipinski definition) is 0. The first kappa shape index (κ1) is 43.8. The van der Waals surface area contributed by atoms with Crippen molar-refractivity contribution in [2.45, 2.75) is 71.6 Å². The molecule has 7 aromatic carbocycles. The van der Waals surface area contributed by atoms with Gasteiger partial charge >= 0.3 is 0 Å². The first-order valence-corrected chi connectivity index (χ1v) is 22.2. The maximum Gasteiger partial charge on any atom is 0.135 e. The van der Waals surface area contributed by atoms with E-state index in [0.29, 0.717) is 11.5 Å². The summed E-state index contributed by atoms with van der Waals surface area (Å²) in [4.78, 5) is 9.56. The van der Waals surface area contributed by atoms with Gasteiger partial charge in [-0.25, -0.2) is 4.98 Å². The third-order valence-corrected chi connectivity index (χ3v) is 12.7. The van der Waals surface area contributed by atoms with E-state index in [1.807, 2.05) is 12.3 Å². The maximum absolute atomic E-state index is 6.89. The van der Waals surface area contributed by atoms with Gasteiger partial charge in [-0.15, -0.1) is 53.6 Å². The number of anilines is 4. The number of rotatable bonds is 8. The summed E-state index contributed by atoms with van der Waals surface area (Å²) in [6, 6.07) is 65.6. The minimum atomic E-state index is -0.231. The van der Waals surface area contributed by atoms with Crippen LogP contribution in [-0.4, -0.2) is 9.55 Å². The molecular formula is C59H53N4OPt-3. The minimum absolute atomic E-state index is 0. The molecule has 9 aromatic rings. The van der Waals surface area contributed by atoms with E-state index in [0.717, 1.165) is 67.1 Å². The second-order valence-electron chi connectivity index (χ2n) is 19.5. The molecule has 0 bridgehead atoms. The predicted molar refractivity (Wildman–Crippen MR) is 266 cm³/mol. The van der Waals surface area contributed by atoms with E-state index in [4.69, 9.17) is 9.72 Å². The summed E-state index contributed by atoms with van der Waals surface area (Å²) in [6.07, 6.45) is 1.92. The average Bonchev–Trinajstić information content (AvgIpc) is 3.85. The van der Waals surface area contributed by atoms with E-state index >= 15 is 0 Å². The fourth-order valence-corrected chi connectivity index (χ4v) is 8.96. The van der Waals surface area contributed by atoms with Crippen LogP contribution in [0.2, 0.25) is 0 Å². The van der Waals surface area contributed by atoms with Crippen LogP contribution in [0.4, 0.5) is 22.7 Å². The first-order valence-electron chi connectivity index (χ1n) is 22.2. The third kappa shape index (κ3) is 8.17. The van der Waals surface area contributed by atoms with Crippen molar-refractivity contribution in [2.24, 2.45) is 0 Å². The van der Waals surface area contributed by atoms with Crippen LogP contribution < -0.4 is 14.5 Å². The van der Waals surface area contributed by atoms with Gasteiger partial charge in [-0.2, -0.15) is 6.07 Å². The molecule has 10 rings (SSSR count). The van der Waals surface area contributed by atoms with Crippen molar-refractivity contribution < 1.29 is 25.8 Å². The number of pyridine rings is 1. The molecule has 2 aromatic heterocycles.